The van der Waals surface area contributed by atoms with Gasteiger partial charge in [-0.25, -0.2) is 4.79 Å². The molecule has 0 aliphatic carbocycles. The number of carbonyl (C=O) groups is 1. The number of aliphatic hydroxyl groups is 1. The van der Waals surface area contributed by atoms with Crippen molar-refractivity contribution in [2.24, 2.45) is 7.05 Å². The van der Waals surface area contributed by atoms with E-state index >= 15 is 0 Å². The van der Waals surface area contributed by atoms with Crippen LogP contribution in [0.3, 0.4) is 0 Å². The average Bonchev–Trinajstić information content (AvgIpc) is 2.95. The van der Waals surface area contributed by atoms with E-state index in [9.17, 15) is 9.90 Å². The van der Waals surface area contributed by atoms with Crippen LogP contribution in [0.1, 0.15) is 34.8 Å². The Labute approximate surface area is 117 Å². The van der Waals surface area contributed by atoms with E-state index in [-0.39, 0.29) is 18.1 Å². The number of hydrogen-bond donors (Lipinski definition) is 1. The van der Waals surface area contributed by atoms with Gasteiger partial charge in [0.15, 0.2) is 11.5 Å². The molecule has 102 valence electrons. The number of aromatic nitrogens is 3. The molecule has 0 saturated heterocycles. The zero-order valence-corrected chi connectivity index (χ0v) is 11.9. The lowest BCUT2D eigenvalue weighted by Gasteiger charge is -2.03. The summed E-state index contributed by atoms with van der Waals surface area (Å²) in [6.07, 6.45) is 0.583. The predicted octanol–water partition coefficient (Wildman–Crippen LogP) is 1.43. The molecule has 19 heavy (non-hydrogen) atoms. The molecule has 0 aliphatic rings. The first kappa shape index (κ1) is 13.8. The number of halogens is 1. The summed E-state index contributed by atoms with van der Waals surface area (Å²) in [6, 6.07) is 1.35. The van der Waals surface area contributed by atoms with Gasteiger partial charge in [0, 0.05) is 24.9 Å². The fraction of sp³-hybridized carbons (Fsp3) is 0.364. The highest BCUT2D eigenvalue weighted by Crippen LogP contribution is 2.27. The van der Waals surface area contributed by atoms with E-state index in [0.29, 0.717) is 10.2 Å². The molecule has 0 bridgehead atoms. The van der Waals surface area contributed by atoms with Crippen LogP contribution in [0.2, 0.25) is 0 Å². The molecule has 7 nitrogen and oxygen atoms in total. The van der Waals surface area contributed by atoms with Crippen molar-refractivity contribution in [3.8, 4) is 0 Å². The fourth-order valence-electron chi connectivity index (χ4n) is 1.54. The Morgan fingerprint density at radius 1 is 1.68 bits per heavy atom. The van der Waals surface area contributed by atoms with E-state index in [4.69, 9.17) is 9.26 Å². The second kappa shape index (κ2) is 5.54. The van der Waals surface area contributed by atoms with Crippen LogP contribution < -0.4 is 0 Å². The molecule has 0 saturated carbocycles. The molecular formula is C11H12BrN3O4. The van der Waals surface area contributed by atoms with Crippen LogP contribution in [0.5, 0.6) is 0 Å². The minimum absolute atomic E-state index is 0.0240. The third-order valence-corrected chi connectivity index (χ3v) is 3.00. The van der Waals surface area contributed by atoms with Gasteiger partial charge in [-0.05, 0) is 22.9 Å². The van der Waals surface area contributed by atoms with Gasteiger partial charge < -0.3 is 14.4 Å². The van der Waals surface area contributed by atoms with Crippen molar-refractivity contribution in [3.63, 3.8) is 0 Å². The Morgan fingerprint density at radius 2 is 2.42 bits per heavy atom. The summed E-state index contributed by atoms with van der Waals surface area (Å²) in [6.45, 7) is 1.94. The van der Waals surface area contributed by atoms with Crippen LogP contribution >= 0.6 is 15.9 Å². The zero-order valence-electron chi connectivity index (χ0n) is 10.3. The van der Waals surface area contributed by atoms with Crippen LogP contribution in [0.25, 0.3) is 0 Å². The highest BCUT2D eigenvalue weighted by molar-refractivity contribution is 9.10. The van der Waals surface area contributed by atoms with Gasteiger partial charge in [-0.2, -0.15) is 5.10 Å². The lowest BCUT2D eigenvalue weighted by molar-refractivity contribution is 0.0514. The molecule has 0 spiro atoms. The summed E-state index contributed by atoms with van der Waals surface area (Å²) in [7, 11) is 1.73. The number of esters is 1. The van der Waals surface area contributed by atoms with Crippen molar-refractivity contribution in [1.82, 2.24) is 14.9 Å². The van der Waals surface area contributed by atoms with Gasteiger partial charge in [-0.3, -0.25) is 4.68 Å². The van der Waals surface area contributed by atoms with Crippen LogP contribution in [-0.2, 0) is 11.8 Å². The molecule has 2 aromatic heterocycles. The zero-order chi connectivity index (χ0) is 14.0. The molecule has 1 atom stereocenters. The first-order valence-corrected chi connectivity index (χ1v) is 6.33. The van der Waals surface area contributed by atoms with Crippen molar-refractivity contribution in [2.75, 3.05) is 6.61 Å². The second-order valence-electron chi connectivity index (χ2n) is 3.79. The molecule has 0 aliphatic heterocycles. The van der Waals surface area contributed by atoms with E-state index < -0.39 is 12.1 Å². The molecule has 1 unspecified atom stereocenters. The van der Waals surface area contributed by atoms with Crippen LogP contribution in [0.15, 0.2) is 21.4 Å². The molecule has 0 radical (unpaired) electrons. The first-order chi connectivity index (χ1) is 9.02. The predicted molar refractivity (Wildman–Crippen MR) is 67.4 cm³/mol. The number of aliphatic hydroxyl groups excluding tert-OH is 1. The van der Waals surface area contributed by atoms with Crippen molar-refractivity contribution < 1.29 is 19.2 Å². The SMILES string of the molecule is CCOC(=O)c1cc(C(O)c2cn(C)nc2Br)on1. The highest BCUT2D eigenvalue weighted by atomic mass is 79.9. The molecule has 2 rings (SSSR count). The maximum Gasteiger partial charge on any atom is 0.360 e. The lowest BCUT2D eigenvalue weighted by atomic mass is 10.1. The Balaban J connectivity index is 2.23. The van der Waals surface area contributed by atoms with Crippen molar-refractivity contribution in [3.05, 3.63) is 33.9 Å². The van der Waals surface area contributed by atoms with Gasteiger partial charge in [-0.1, -0.05) is 5.16 Å². The standard InChI is InChI=1S/C11H12BrN3O4/c1-3-18-11(17)7-4-8(19-14-7)9(16)6-5-15(2)13-10(6)12/h4-5,9,16H,3H2,1-2H3. The molecular weight excluding hydrogens is 318 g/mol. The number of carbonyl (C=O) groups excluding carboxylic acids is 1. The topological polar surface area (TPSA) is 90.4 Å². The maximum atomic E-state index is 11.4. The van der Waals surface area contributed by atoms with Crippen LogP contribution in [0.4, 0.5) is 0 Å². The molecule has 0 amide bonds. The molecule has 2 aromatic rings. The number of ether oxygens (including phenoxy) is 1. The summed E-state index contributed by atoms with van der Waals surface area (Å²) < 4.78 is 11.8. The minimum atomic E-state index is -1.06. The number of rotatable bonds is 4. The van der Waals surface area contributed by atoms with Gasteiger partial charge >= 0.3 is 5.97 Å². The van der Waals surface area contributed by atoms with Gasteiger partial charge in [0.05, 0.1) is 6.61 Å². The van der Waals surface area contributed by atoms with Gasteiger partial charge in [-0.15, -0.1) is 0 Å². The molecule has 8 heteroatoms. The van der Waals surface area contributed by atoms with E-state index in [1.165, 1.54) is 6.07 Å². The number of nitrogens with zero attached hydrogens (tertiary/aromatic N) is 3. The summed E-state index contributed by atoms with van der Waals surface area (Å²) in [5, 5.41) is 17.8. The lowest BCUT2D eigenvalue weighted by Crippen LogP contribution is -2.04. The van der Waals surface area contributed by atoms with E-state index in [1.807, 2.05) is 0 Å². The smallest absolute Gasteiger partial charge is 0.360 e. The van der Waals surface area contributed by atoms with Gasteiger partial charge in [0.2, 0.25) is 0 Å². The monoisotopic (exact) mass is 329 g/mol. The highest BCUT2D eigenvalue weighted by Gasteiger charge is 2.23. The summed E-state index contributed by atoms with van der Waals surface area (Å²) in [4.78, 5) is 11.4. The summed E-state index contributed by atoms with van der Waals surface area (Å²) >= 11 is 3.23. The third-order valence-electron chi connectivity index (χ3n) is 2.39. The molecule has 1 N–H and O–H groups in total. The van der Waals surface area contributed by atoms with Crippen molar-refractivity contribution in [1.29, 1.82) is 0 Å². The number of aryl methyl sites for hydroxylation is 1. The summed E-state index contributed by atoms with van der Waals surface area (Å²) in [5.74, 6) is -0.438. The Bertz CT molecular complexity index is 593. The van der Waals surface area contributed by atoms with Gasteiger partial charge in [0.25, 0.3) is 0 Å². The molecule has 2 heterocycles. The van der Waals surface area contributed by atoms with E-state index in [0.717, 1.165) is 0 Å². The quantitative estimate of drug-likeness (QED) is 0.853. The van der Waals surface area contributed by atoms with Crippen molar-refractivity contribution in [2.45, 2.75) is 13.0 Å². The second-order valence-corrected chi connectivity index (χ2v) is 4.54. The molecule has 0 aromatic carbocycles. The normalized spacial score (nSPS) is 12.4. The van der Waals surface area contributed by atoms with Crippen LogP contribution in [-0.4, -0.2) is 32.6 Å². The first-order valence-electron chi connectivity index (χ1n) is 5.53. The average molecular weight is 330 g/mol. The fourth-order valence-corrected chi connectivity index (χ4v) is 2.11. The van der Waals surface area contributed by atoms with Crippen LogP contribution in [0, 0.1) is 0 Å². The third kappa shape index (κ3) is 2.85. The van der Waals surface area contributed by atoms with E-state index in [1.54, 1.807) is 24.9 Å². The van der Waals surface area contributed by atoms with Gasteiger partial charge in [0.1, 0.15) is 10.7 Å². The largest absolute Gasteiger partial charge is 0.461 e. The number of hydrogen-bond acceptors (Lipinski definition) is 6. The Kier molecular flexibility index (Phi) is 4.01. The molecule has 0 fully saturated rings. The summed E-state index contributed by atoms with van der Waals surface area (Å²) in [5.41, 5.74) is 0.546. The van der Waals surface area contributed by atoms with Crippen molar-refractivity contribution >= 4 is 21.9 Å². The maximum absolute atomic E-state index is 11.4. The minimum Gasteiger partial charge on any atom is -0.461 e. The Morgan fingerprint density at radius 3 is 3.00 bits per heavy atom. The Hall–Kier alpha value is -1.67. The van der Waals surface area contributed by atoms with E-state index in [2.05, 4.69) is 26.2 Å².